The summed E-state index contributed by atoms with van der Waals surface area (Å²) in [5.41, 5.74) is 12.5. The summed E-state index contributed by atoms with van der Waals surface area (Å²) in [5.74, 6) is -2.38. The average Bonchev–Trinajstić information content (AvgIpc) is 2.56. The number of nitrogen functional groups attached to an aromatic ring is 2. The number of hydrogen-bond acceptors (Lipinski definition) is 8. The van der Waals surface area contributed by atoms with Crippen molar-refractivity contribution in [1.29, 1.82) is 0 Å². The van der Waals surface area contributed by atoms with Crippen molar-refractivity contribution in [3.63, 3.8) is 0 Å². The Morgan fingerprint density at radius 1 is 0.958 bits per heavy atom. The third-order valence-corrected chi connectivity index (χ3v) is 6.49. The first-order chi connectivity index (χ1) is 11.0. The summed E-state index contributed by atoms with van der Waals surface area (Å²) in [6, 6.07) is 0. The molecule has 3 unspecified atom stereocenters. The van der Waals surface area contributed by atoms with Crippen LogP contribution in [0.1, 0.15) is 11.7 Å². The van der Waals surface area contributed by atoms with Gasteiger partial charge in [-0.1, -0.05) is 0 Å². The van der Waals surface area contributed by atoms with Gasteiger partial charge in [0.15, 0.2) is 12.2 Å². The van der Waals surface area contributed by atoms with E-state index in [2.05, 4.69) is 0 Å². The number of hydrogen-bond donors (Lipinski definition) is 7. The van der Waals surface area contributed by atoms with Crippen molar-refractivity contribution >= 4 is 91.0 Å². The first-order valence-corrected chi connectivity index (χ1v) is 9.49. The highest BCUT2D eigenvalue weighted by Crippen LogP contribution is 2.38. The van der Waals surface area contributed by atoms with Crippen LogP contribution in [0.15, 0.2) is 0 Å². The number of halogens is 3. The second kappa shape index (κ2) is 9.08. The van der Waals surface area contributed by atoms with Gasteiger partial charge in [-0.25, -0.2) is 0 Å². The zero-order chi connectivity index (χ0) is 18.8. The highest BCUT2D eigenvalue weighted by atomic mass is 127. The summed E-state index contributed by atoms with van der Waals surface area (Å²) in [4.78, 5) is 23.7. The highest BCUT2D eigenvalue weighted by molar-refractivity contribution is 14.1. The molecule has 0 saturated carbocycles. The van der Waals surface area contributed by atoms with Crippen LogP contribution in [0.2, 0.25) is 0 Å². The molecular weight excluding hydrogens is 663 g/mol. The average molecular weight is 677 g/mol. The smallest absolute Gasteiger partial charge is 0.260 e. The number of imide groups is 1. The third-order valence-electron chi connectivity index (χ3n) is 3.01. The van der Waals surface area contributed by atoms with E-state index < -0.39 is 36.7 Å². The Balaban J connectivity index is 3.09. The van der Waals surface area contributed by atoms with E-state index in [9.17, 15) is 24.9 Å². The number of amides is 2. The van der Waals surface area contributed by atoms with Crippen molar-refractivity contribution < 1.29 is 30.0 Å². The minimum Gasteiger partial charge on any atom is -0.397 e. The second-order valence-electron chi connectivity index (χ2n) is 4.63. The van der Waals surface area contributed by atoms with E-state index in [0.717, 1.165) is 0 Å². The molecule has 1 rings (SSSR count). The van der Waals surface area contributed by atoms with Crippen LogP contribution in [0.25, 0.3) is 0 Å². The van der Waals surface area contributed by atoms with Crippen molar-refractivity contribution in [3.05, 3.63) is 16.3 Å². The molecule has 0 saturated heterocycles. The summed E-state index contributed by atoms with van der Waals surface area (Å²) in [7, 11) is 0. The third kappa shape index (κ3) is 4.58. The fourth-order valence-corrected chi connectivity index (χ4v) is 5.39. The maximum absolute atomic E-state index is 12.1. The SMILES string of the molecule is Nc1c(I)c(N)c(I)c(C(O)C(=O)NC(=O)C(O)C(O)CO)c1I. The summed E-state index contributed by atoms with van der Waals surface area (Å²) in [5, 5.41) is 39.3. The summed E-state index contributed by atoms with van der Waals surface area (Å²) in [6.45, 7) is -0.870. The first-order valence-electron chi connectivity index (χ1n) is 6.25. The van der Waals surface area contributed by atoms with Crippen molar-refractivity contribution in [2.45, 2.75) is 18.3 Å². The van der Waals surface area contributed by atoms with E-state index in [1.54, 1.807) is 5.32 Å². The molecule has 0 spiro atoms. The number of carbonyl (C=O) groups excluding carboxylic acids is 2. The lowest BCUT2D eigenvalue weighted by Crippen LogP contribution is -2.47. The van der Waals surface area contributed by atoms with Gasteiger partial charge in [0.05, 0.1) is 21.6 Å². The zero-order valence-corrected chi connectivity index (χ0v) is 18.3. The molecule has 1 aromatic carbocycles. The predicted molar refractivity (Wildman–Crippen MR) is 111 cm³/mol. The van der Waals surface area contributed by atoms with Crippen LogP contribution in [0.4, 0.5) is 11.4 Å². The summed E-state index contributed by atoms with van der Waals surface area (Å²) < 4.78 is 1.39. The van der Waals surface area contributed by atoms with E-state index in [0.29, 0.717) is 10.7 Å². The number of aliphatic hydroxyl groups excluding tert-OH is 4. The van der Waals surface area contributed by atoms with Crippen molar-refractivity contribution in [1.82, 2.24) is 5.32 Å². The van der Waals surface area contributed by atoms with E-state index in [4.69, 9.17) is 16.6 Å². The molecule has 0 bridgehead atoms. The van der Waals surface area contributed by atoms with E-state index >= 15 is 0 Å². The lowest BCUT2D eigenvalue weighted by molar-refractivity contribution is -0.144. The molecule has 2 amide bonds. The van der Waals surface area contributed by atoms with Gasteiger partial charge in [0.25, 0.3) is 11.8 Å². The fraction of sp³-hybridized carbons (Fsp3) is 0.333. The Hall–Kier alpha value is -0.0100. The Bertz CT molecular complexity index is 643. The predicted octanol–water partition coefficient (Wildman–Crippen LogP) is -0.945. The molecule has 0 aliphatic carbocycles. The maximum atomic E-state index is 12.1. The molecule has 3 atom stereocenters. The van der Waals surface area contributed by atoms with Gasteiger partial charge >= 0.3 is 0 Å². The molecule has 0 radical (unpaired) electrons. The molecule has 0 aliphatic heterocycles. The summed E-state index contributed by atoms with van der Waals surface area (Å²) in [6.07, 6.45) is -5.54. The molecule has 9 nitrogen and oxygen atoms in total. The fourth-order valence-electron chi connectivity index (χ4n) is 1.63. The first kappa shape index (κ1) is 22.0. The largest absolute Gasteiger partial charge is 0.397 e. The lowest BCUT2D eigenvalue weighted by atomic mass is 10.1. The number of benzene rings is 1. The van der Waals surface area contributed by atoms with Crippen LogP contribution in [-0.4, -0.2) is 51.1 Å². The minimum atomic E-state index is -2.02. The Morgan fingerprint density at radius 2 is 1.42 bits per heavy atom. The highest BCUT2D eigenvalue weighted by Gasteiger charge is 2.31. The normalized spacial score (nSPS) is 14.8. The van der Waals surface area contributed by atoms with Crippen LogP contribution >= 0.6 is 67.8 Å². The van der Waals surface area contributed by atoms with E-state index in [1.807, 2.05) is 67.8 Å². The van der Waals surface area contributed by atoms with Crippen LogP contribution in [-0.2, 0) is 9.59 Å². The van der Waals surface area contributed by atoms with Gasteiger partial charge in [-0.15, -0.1) is 0 Å². The molecule has 134 valence electrons. The molecule has 0 aliphatic rings. The Morgan fingerprint density at radius 3 is 1.83 bits per heavy atom. The van der Waals surface area contributed by atoms with Crippen LogP contribution in [0.5, 0.6) is 0 Å². The van der Waals surface area contributed by atoms with Gasteiger partial charge in [0, 0.05) is 12.7 Å². The number of nitrogens with one attached hydrogen (secondary N) is 1. The standard InChI is InChI=1S/C12H14I3N3O6/c13-4-3(5(14)8(17)6(15)7(4)16)10(22)12(24)18-11(23)9(21)2(20)1-19/h2,9-10,19-22H,1,16-17H2,(H,18,23,24). The number of anilines is 2. The molecule has 0 heterocycles. The number of nitrogens with two attached hydrogens (primary N) is 2. The minimum absolute atomic E-state index is 0.133. The quantitative estimate of drug-likeness (QED) is 0.154. The molecule has 1 aromatic rings. The van der Waals surface area contributed by atoms with E-state index in [-0.39, 0.29) is 16.9 Å². The van der Waals surface area contributed by atoms with Crippen molar-refractivity contribution in [2.75, 3.05) is 18.1 Å². The number of rotatable bonds is 5. The molecule has 0 aromatic heterocycles. The summed E-state index contributed by atoms with van der Waals surface area (Å²) >= 11 is 5.63. The van der Waals surface area contributed by atoms with Crippen LogP contribution in [0.3, 0.4) is 0 Å². The van der Waals surface area contributed by atoms with Gasteiger partial charge in [-0.2, -0.15) is 0 Å². The lowest BCUT2D eigenvalue weighted by Gasteiger charge is -2.20. The molecule has 0 fully saturated rings. The van der Waals surface area contributed by atoms with Crippen molar-refractivity contribution in [3.8, 4) is 0 Å². The van der Waals surface area contributed by atoms with Crippen molar-refractivity contribution in [2.24, 2.45) is 0 Å². The zero-order valence-electron chi connectivity index (χ0n) is 11.8. The van der Waals surface area contributed by atoms with Crippen LogP contribution < -0.4 is 16.8 Å². The van der Waals surface area contributed by atoms with Gasteiger partial charge in [0.2, 0.25) is 0 Å². The second-order valence-corrected chi connectivity index (χ2v) is 7.87. The van der Waals surface area contributed by atoms with Gasteiger partial charge < -0.3 is 31.9 Å². The van der Waals surface area contributed by atoms with E-state index in [1.165, 1.54) is 0 Å². The van der Waals surface area contributed by atoms with Gasteiger partial charge in [0.1, 0.15) is 6.10 Å². The molecule has 12 heteroatoms. The molecular formula is C12H14I3N3O6. The Labute approximate surface area is 177 Å². The number of aliphatic hydroxyl groups is 4. The van der Waals surface area contributed by atoms with Gasteiger partial charge in [-0.3, -0.25) is 14.9 Å². The monoisotopic (exact) mass is 677 g/mol. The maximum Gasteiger partial charge on any atom is 0.260 e. The van der Waals surface area contributed by atoms with Gasteiger partial charge in [-0.05, 0) is 67.8 Å². The molecule has 24 heavy (non-hydrogen) atoms. The number of carbonyl (C=O) groups is 2. The molecule has 9 N–H and O–H groups in total. The van der Waals surface area contributed by atoms with Crippen LogP contribution in [0, 0.1) is 10.7 Å². The topological polar surface area (TPSA) is 179 Å². The Kier molecular flexibility index (Phi) is 8.34.